The predicted molar refractivity (Wildman–Crippen MR) is 81.2 cm³/mol. The van der Waals surface area contributed by atoms with Gasteiger partial charge in [-0.15, -0.1) is 0 Å². The van der Waals surface area contributed by atoms with Gasteiger partial charge in [-0.3, -0.25) is 0 Å². The molecule has 1 fully saturated rings. The summed E-state index contributed by atoms with van der Waals surface area (Å²) in [5, 5.41) is 6.95. The Kier molecular flexibility index (Phi) is 5.96. The highest BCUT2D eigenvalue weighted by Gasteiger charge is 2.18. The molecule has 1 aliphatic rings. The lowest BCUT2D eigenvalue weighted by Gasteiger charge is -2.28. The maximum atomic E-state index is 13.7. The minimum atomic E-state index is -0.321. The predicted octanol–water partition coefficient (Wildman–Crippen LogP) is 2.25. The Morgan fingerprint density at radius 1 is 1.48 bits per heavy atom. The number of methoxy groups -OCH3 is 1. The zero-order valence-corrected chi connectivity index (χ0v) is 13.0. The van der Waals surface area contributed by atoms with E-state index in [1.54, 1.807) is 6.07 Å². The molecule has 2 N–H and O–H groups in total. The molecule has 5 heteroatoms. The van der Waals surface area contributed by atoms with E-state index in [1.807, 2.05) is 13.0 Å². The fourth-order valence-electron chi connectivity index (χ4n) is 2.74. The number of morpholine rings is 1. The average molecular weight is 296 g/mol. The van der Waals surface area contributed by atoms with Crippen LogP contribution in [-0.2, 0) is 4.74 Å². The number of hydrogen-bond acceptors (Lipinski definition) is 4. The van der Waals surface area contributed by atoms with Crippen LogP contribution in [0, 0.1) is 5.82 Å². The number of hydrogen-bond donors (Lipinski definition) is 2. The van der Waals surface area contributed by atoms with E-state index < -0.39 is 0 Å². The quantitative estimate of drug-likeness (QED) is 0.845. The normalized spacial score (nSPS) is 21.8. The van der Waals surface area contributed by atoms with Crippen molar-refractivity contribution in [2.24, 2.45) is 0 Å². The maximum Gasteiger partial charge on any atom is 0.165 e. The first-order valence-electron chi connectivity index (χ1n) is 7.50. The second-order valence-corrected chi connectivity index (χ2v) is 5.65. The van der Waals surface area contributed by atoms with Gasteiger partial charge in [-0.25, -0.2) is 4.39 Å². The standard InChI is InChI=1S/C16H25FN2O2/c1-11(8-14-10-21-7-6-18-14)19-12(2)13-4-5-16(20-3)15(17)9-13/h4-5,9,11-12,14,18-19H,6-8,10H2,1-3H3. The zero-order valence-electron chi connectivity index (χ0n) is 13.0. The molecular formula is C16H25FN2O2. The van der Waals surface area contributed by atoms with Gasteiger partial charge in [0.2, 0.25) is 0 Å². The lowest BCUT2D eigenvalue weighted by Crippen LogP contribution is -2.45. The molecule has 1 heterocycles. The third kappa shape index (κ3) is 4.66. The number of halogens is 1. The van der Waals surface area contributed by atoms with E-state index in [1.165, 1.54) is 13.2 Å². The van der Waals surface area contributed by atoms with Crippen LogP contribution >= 0.6 is 0 Å². The summed E-state index contributed by atoms with van der Waals surface area (Å²) in [5.74, 6) is -0.0406. The Balaban J connectivity index is 1.87. The molecule has 1 saturated heterocycles. The first-order valence-corrected chi connectivity index (χ1v) is 7.50. The van der Waals surface area contributed by atoms with Gasteiger partial charge >= 0.3 is 0 Å². The molecule has 1 aromatic carbocycles. The van der Waals surface area contributed by atoms with Gasteiger partial charge in [-0.05, 0) is 38.0 Å². The topological polar surface area (TPSA) is 42.5 Å². The second kappa shape index (κ2) is 7.73. The maximum absolute atomic E-state index is 13.7. The van der Waals surface area contributed by atoms with Crippen LogP contribution in [0.3, 0.4) is 0 Å². The molecule has 0 aromatic heterocycles. The molecule has 0 aliphatic carbocycles. The monoisotopic (exact) mass is 296 g/mol. The summed E-state index contributed by atoms with van der Waals surface area (Å²) < 4.78 is 24.1. The lowest BCUT2D eigenvalue weighted by atomic mass is 10.0. The van der Waals surface area contributed by atoms with E-state index in [4.69, 9.17) is 9.47 Å². The Bertz CT molecular complexity index is 450. The Hall–Kier alpha value is -1.17. The largest absolute Gasteiger partial charge is 0.494 e. The summed E-state index contributed by atoms with van der Waals surface area (Å²) in [4.78, 5) is 0. The number of rotatable bonds is 6. The Morgan fingerprint density at radius 2 is 2.29 bits per heavy atom. The van der Waals surface area contributed by atoms with Gasteiger partial charge < -0.3 is 20.1 Å². The summed E-state index contributed by atoms with van der Waals surface area (Å²) in [6.07, 6.45) is 0.989. The van der Waals surface area contributed by atoms with Crippen molar-refractivity contribution >= 4 is 0 Å². The van der Waals surface area contributed by atoms with Crippen molar-refractivity contribution < 1.29 is 13.9 Å². The summed E-state index contributed by atoms with van der Waals surface area (Å²) in [5.41, 5.74) is 0.924. The van der Waals surface area contributed by atoms with Crippen LogP contribution < -0.4 is 15.4 Å². The summed E-state index contributed by atoms with van der Waals surface area (Å²) in [6.45, 7) is 6.66. The smallest absolute Gasteiger partial charge is 0.165 e. The molecule has 1 aliphatic heterocycles. The van der Waals surface area contributed by atoms with E-state index >= 15 is 0 Å². The van der Waals surface area contributed by atoms with E-state index in [0.717, 1.165) is 31.7 Å². The third-order valence-corrected chi connectivity index (χ3v) is 3.85. The first-order chi connectivity index (χ1) is 10.1. The van der Waals surface area contributed by atoms with E-state index in [9.17, 15) is 4.39 Å². The molecule has 0 bridgehead atoms. The van der Waals surface area contributed by atoms with Crippen molar-refractivity contribution in [3.63, 3.8) is 0 Å². The molecule has 0 saturated carbocycles. The van der Waals surface area contributed by atoms with Crippen LogP contribution in [0.2, 0.25) is 0 Å². The number of benzene rings is 1. The minimum absolute atomic E-state index is 0.0879. The summed E-state index contributed by atoms with van der Waals surface area (Å²) >= 11 is 0. The molecule has 21 heavy (non-hydrogen) atoms. The van der Waals surface area contributed by atoms with Crippen molar-refractivity contribution in [1.82, 2.24) is 10.6 Å². The Labute approximate surface area is 126 Å². The van der Waals surface area contributed by atoms with Gasteiger partial charge in [0.05, 0.1) is 20.3 Å². The third-order valence-electron chi connectivity index (χ3n) is 3.85. The molecule has 4 nitrogen and oxygen atoms in total. The van der Waals surface area contributed by atoms with E-state index in [-0.39, 0.29) is 17.6 Å². The van der Waals surface area contributed by atoms with Crippen LogP contribution in [0.4, 0.5) is 4.39 Å². The fraction of sp³-hybridized carbons (Fsp3) is 0.625. The van der Waals surface area contributed by atoms with Gasteiger partial charge in [0.15, 0.2) is 11.6 Å². The summed E-state index contributed by atoms with van der Waals surface area (Å²) in [6, 6.07) is 5.90. The molecular weight excluding hydrogens is 271 g/mol. The fourth-order valence-corrected chi connectivity index (χ4v) is 2.74. The number of ether oxygens (including phenoxy) is 2. The van der Waals surface area contributed by atoms with Crippen molar-refractivity contribution in [2.45, 2.75) is 38.4 Å². The van der Waals surface area contributed by atoms with Crippen LogP contribution in [0.5, 0.6) is 5.75 Å². The summed E-state index contributed by atoms with van der Waals surface area (Å²) in [7, 11) is 1.47. The second-order valence-electron chi connectivity index (χ2n) is 5.65. The van der Waals surface area contributed by atoms with Gasteiger partial charge in [0.1, 0.15) is 0 Å². The van der Waals surface area contributed by atoms with Gasteiger partial charge in [0, 0.05) is 24.7 Å². The molecule has 0 radical (unpaired) electrons. The van der Waals surface area contributed by atoms with E-state index in [2.05, 4.69) is 17.6 Å². The molecule has 0 spiro atoms. The molecule has 118 valence electrons. The van der Waals surface area contributed by atoms with Crippen LogP contribution in [-0.4, -0.2) is 39.0 Å². The van der Waals surface area contributed by atoms with Crippen molar-refractivity contribution in [3.8, 4) is 5.75 Å². The van der Waals surface area contributed by atoms with Crippen LogP contribution in [0.1, 0.15) is 31.9 Å². The molecule has 3 atom stereocenters. The molecule has 1 aromatic rings. The zero-order chi connectivity index (χ0) is 15.2. The highest BCUT2D eigenvalue weighted by Crippen LogP contribution is 2.22. The Morgan fingerprint density at radius 3 is 2.90 bits per heavy atom. The molecule has 2 rings (SSSR count). The molecule has 0 amide bonds. The molecule has 3 unspecified atom stereocenters. The van der Waals surface area contributed by atoms with Crippen molar-refractivity contribution in [3.05, 3.63) is 29.6 Å². The average Bonchev–Trinajstić information content (AvgIpc) is 2.48. The minimum Gasteiger partial charge on any atom is -0.494 e. The first kappa shape index (κ1) is 16.2. The van der Waals surface area contributed by atoms with Crippen molar-refractivity contribution in [2.75, 3.05) is 26.9 Å². The van der Waals surface area contributed by atoms with Gasteiger partial charge in [-0.1, -0.05) is 6.07 Å². The van der Waals surface area contributed by atoms with Crippen molar-refractivity contribution in [1.29, 1.82) is 0 Å². The van der Waals surface area contributed by atoms with Gasteiger partial charge in [0.25, 0.3) is 0 Å². The lowest BCUT2D eigenvalue weighted by molar-refractivity contribution is 0.0708. The van der Waals surface area contributed by atoms with Crippen LogP contribution in [0.25, 0.3) is 0 Å². The highest BCUT2D eigenvalue weighted by atomic mass is 19.1. The number of nitrogens with one attached hydrogen (secondary N) is 2. The van der Waals surface area contributed by atoms with Crippen LogP contribution in [0.15, 0.2) is 18.2 Å². The highest BCUT2D eigenvalue weighted by molar-refractivity contribution is 5.30. The van der Waals surface area contributed by atoms with Gasteiger partial charge in [-0.2, -0.15) is 0 Å². The van der Waals surface area contributed by atoms with E-state index in [0.29, 0.717) is 12.1 Å². The SMILES string of the molecule is COc1ccc(C(C)NC(C)CC2COCCN2)cc1F.